The van der Waals surface area contributed by atoms with E-state index < -0.39 is 46.6 Å². The van der Waals surface area contributed by atoms with Gasteiger partial charge in [0.25, 0.3) is 0 Å². The van der Waals surface area contributed by atoms with Crippen LogP contribution in [0.3, 0.4) is 0 Å². The van der Waals surface area contributed by atoms with E-state index in [1.807, 2.05) is 43.3 Å². The fraction of sp³-hybridized carbons (Fsp3) is 0.257. The molecule has 2 amide bonds. The molecule has 1 aliphatic heterocycles. The first kappa shape index (κ1) is 38.3. The van der Waals surface area contributed by atoms with Crippen LogP contribution in [0, 0.1) is 12.3 Å². The van der Waals surface area contributed by atoms with Gasteiger partial charge in [0, 0.05) is 25.2 Å². The van der Waals surface area contributed by atoms with Gasteiger partial charge in [-0.3, -0.25) is 15.0 Å². The maximum absolute atomic E-state index is 14.2. The molecule has 0 radical (unpaired) electrons. The Labute approximate surface area is 292 Å². The van der Waals surface area contributed by atoms with Gasteiger partial charge in [-0.05, 0) is 65.6 Å². The van der Waals surface area contributed by atoms with E-state index in [-0.39, 0.29) is 30.2 Å². The Balaban J connectivity index is 0.000000755. The molecule has 1 heterocycles. The standard InChI is InChI=1S/C33H35N5O5S.C2HF3O2/c1-22-6-8-23(9-7-22)19-36-31(39)21-38(44(41,42)29-13-11-25-10-12-28(43-2)17-27(25)18-29)30-14-15-37(33(30)40)20-24-4-3-5-26(16-24)32(34)35;3-2(4,5)1(6)7/h3-13,16-18,30H,14-15,19-21H2,1-2H3,(H3,34,35)(H,36,39);(H,6,7)/t30-;/m0./s1. The molecule has 5 rings (SSSR count). The number of carboxylic acids is 1. The lowest BCUT2D eigenvalue weighted by molar-refractivity contribution is -0.192. The second kappa shape index (κ2) is 16.0. The molecule has 16 heteroatoms. The minimum Gasteiger partial charge on any atom is -0.497 e. The molecule has 0 spiro atoms. The van der Waals surface area contributed by atoms with Crippen molar-refractivity contribution in [2.45, 2.75) is 43.5 Å². The number of nitrogen functional groups attached to an aromatic ring is 1. The molecule has 270 valence electrons. The van der Waals surface area contributed by atoms with Crippen LogP contribution in [0.4, 0.5) is 13.2 Å². The molecule has 5 N–H and O–H groups in total. The number of sulfonamides is 1. The summed E-state index contributed by atoms with van der Waals surface area (Å²) in [5.41, 5.74) is 8.89. The van der Waals surface area contributed by atoms with Crippen LogP contribution in [-0.2, 0) is 37.5 Å². The topological polar surface area (TPSA) is 183 Å². The highest BCUT2D eigenvalue weighted by molar-refractivity contribution is 7.89. The van der Waals surface area contributed by atoms with Gasteiger partial charge in [-0.15, -0.1) is 0 Å². The summed E-state index contributed by atoms with van der Waals surface area (Å²) in [5.74, 6) is -3.17. The molecule has 0 aliphatic carbocycles. The van der Waals surface area contributed by atoms with Crippen molar-refractivity contribution in [3.8, 4) is 5.75 Å². The lowest BCUT2D eigenvalue weighted by atomic mass is 10.1. The molecule has 1 aliphatic rings. The molecular weight excluding hydrogens is 691 g/mol. The molecular formula is C35H36F3N5O7S. The summed E-state index contributed by atoms with van der Waals surface area (Å²) >= 11 is 0. The van der Waals surface area contributed by atoms with Crippen LogP contribution >= 0.6 is 0 Å². The molecule has 0 unspecified atom stereocenters. The van der Waals surface area contributed by atoms with Crippen LogP contribution in [-0.4, -0.2) is 78.8 Å². The Morgan fingerprint density at radius 2 is 1.69 bits per heavy atom. The Morgan fingerprint density at radius 3 is 2.31 bits per heavy atom. The number of halogens is 3. The number of likely N-dealkylation sites (tertiary alicyclic amines) is 1. The van der Waals surface area contributed by atoms with Crippen molar-refractivity contribution in [2.24, 2.45) is 5.73 Å². The average molecular weight is 728 g/mol. The van der Waals surface area contributed by atoms with Gasteiger partial charge >= 0.3 is 12.1 Å². The Kier molecular flexibility index (Phi) is 12.0. The minimum absolute atomic E-state index is 0.0232. The number of hydrogen-bond donors (Lipinski definition) is 4. The van der Waals surface area contributed by atoms with E-state index in [1.54, 1.807) is 41.3 Å². The number of nitrogens with one attached hydrogen (secondary N) is 2. The molecule has 4 aromatic carbocycles. The number of alkyl halides is 3. The van der Waals surface area contributed by atoms with Crippen molar-refractivity contribution in [3.05, 3.63) is 107 Å². The summed E-state index contributed by atoms with van der Waals surface area (Å²) in [6.07, 6.45) is -4.86. The normalized spacial score (nSPS) is 14.6. The number of amides is 2. The Morgan fingerprint density at radius 1 is 1.02 bits per heavy atom. The summed E-state index contributed by atoms with van der Waals surface area (Å²) in [5, 5.41) is 19.1. The molecule has 0 saturated carbocycles. The van der Waals surface area contributed by atoms with Crippen molar-refractivity contribution in [1.82, 2.24) is 14.5 Å². The number of aliphatic carboxylic acids is 1. The molecule has 4 aromatic rings. The fourth-order valence-electron chi connectivity index (χ4n) is 5.30. The van der Waals surface area contributed by atoms with Gasteiger partial charge in [0.15, 0.2) is 0 Å². The van der Waals surface area contributed by atoms with Crippen molar-refractivity contribution >= 4 is 44.4 Å². The van der Waals surface area contributed by atoms with Gasteiger partial charge in [0.2, 0.25) is 21.8 Å². The number of nitrogens with two attached hydrogens (primary N) is 1. The number of methoxy groups -OCH3 is 1. The highest BCUT2D eigenvalue weighted by Gasteiger charge is 2.43. The number of fused-ring (bicyclic) bond motifs is 1. The number of amidine groups is 1. The number of carbonyl (C=O) groups excluding carboxylic acids is 2. The molecule has 1 saturated heterocycles. The zero-order valence-electron chi connectivity index (χ0n) is 27.6. The summed E-state index contributed by atoms with van der Waals surface area (Å²) in [7, 11) is -2.75. The number of benzene rings is 4. The lowest BCUT2D eigenvalue weighted by Crippen LogP contribution is -2.49. The highest BCUT2D eigenvalue weighted by Crippen LogP contribution is 2.29. The van der Waals surface area contributed by atoms with E-state index in [9.17, 15) is 31.2 Å². The minimum atomic E-state index is -5.08. The van der Waals surface area contributed by atoms with Crippen molar-refractivity contribution in [1.29, 1.82) is 5.41 Å². The zero-order valence-corrected chi connectivity index (χ0v) is 28.4. The number of ether oxygens (including phenoxy) is 1. The lowest BCUT2D eigenvalue weighted by Gasteiger charge is -2.27. The number of hydrogen-bond acceptors (Lipinski definition) is 7. The molecule has 0 aromatic heterocycles. The maximum atomic E-state index is 14.2. The van der Waals surface area contributed by atoms with Gasteiger partial charge in [-0.2, -0.15) is 17.5 Å². The van der Waals surface area contributed by atoms with Crippen LogP contribution in [0.5, 0.6) is 5.75 Å². The third-order valence-corrected chi connectivity index (χ3v) is 9.86. The van der Waals surface area contributed by atoms with Crippen LogP contribution in [0.1, 0.15) is 28.7 Å². The van der Waals surface area contributed by atoms with E-state index >= 15 is 0 Å². The summed E-state index contributed by atoms with van der Waals surface area (Å²) in [4.78, 5) is 37.4. The zero-order chi connectivity index (χ0) is 37.5. The predicted octanol–water partition coefficient (Wildman–Crippen LogP) is 4.18. The van der Waals surface area contributed by atoms with Gasteiger partial charge in [0.1, 0.15) is 17.6 Å². The van der Waals surface area contributed by atoms with Gasteiger partial charge in [0.05, 0.1) is 18.6 Å². The van der Waals surface area contributed by atoms with Crippen LogP contribution in [0.25, 0.3) is 10.8 Å². The van der Waals surface area contributed by atoms with E-state index in [2.05, 4.69) is 5.32 Å². The van der Waals surface area contributed by atoms with Crippen molar-refractivity contribution < 1.29 is 45.8 Å². The molecule has 0 bridgehead atoms. The van der Waals surface area contributed by atoms with Gasteiger partial charge in [-0.1, -0.05) is 60.2 Å². The second-order valence-corrected chi connectivity index (χ2v) is 13.6. The number of nitrogens with zero attached hydrogens (tertiary/aromatic N) is 2. The summed E-state index contributed by atoms with van der Waals surface area (Å²) in [6.45, 7) is 2.20. The van der Waals surface area contributed by atoms with Crippen LogP contribution in [0.2, 0.25) is 0 Å². The van der Waals surface area contributed by atoms with E-state index in [4.69, 9.17) is 25.8 Å². The quantitative estimate of drug-likeness (QED) is 0.131. The van der Waals surface area contributed by atoms with E-state index in [0.29, 0.717) is 23.2 Å². The largest absolute Gasteiger partial charge is 0.497 e. The smallest absolute Gasteiger partial charge is 0.490 e. The predicted molar refractivity (Wildman–Crippen MR) is 182 cm³/mol. The second-order valence-electron chi connectivity index (χ2n) is 11.7. The SMILES string of the molecule is COc1ccc2ccc(S(=O)(=O)N(CC(=O)NCc3ccc(C)cc3)[C@H]3CCN(Cc4cccc(C(=N)N)c4)C3=O)cc2c1.O=C(O)C(F)(F)F. The third kappa shape index (κ3) is 9.82. The number of carbonyl (C=O) groups is 3. The Bertz CT molecular complexity index is 2040. The first-order valence-corrected chi connectivity index (χ1v) is 16.9. The van der Waals surface area contributed by atoms with E-state index in [1.165, 1.54) is 19.2 Å². The maximum Gasteiger partial charge on any atom is 0.490 e. The molecule has 1 fully saturated rings. The number of carboxylic acid groups (broad SMARTS) is 1. The number of rotatable bonds is 11. The monoisotopic (exact) mass is 727 g/mol. The summed E-state index contributed by atoms with van der Waals surface area (Å²) < 4.78 is 66.5. The van der Waals surface area contributed by atoms with Gasteiger partial charge < -0.3 is 25.8 Å². The van der Waals surface area contributed by atoms with Crippen molar-refractivity contribution in [3.63, 3.8) is 0 Å². The molecule has 12 nitrogen and oxygen atoms in total. The third-order valence-electron chi connectivity index (χ3n) is 8.01. The molecule has 51 heavy (non-hydrogen) atoms. The van der Waals surface area contributed by atoms with Gasteiger partial charge in [-0.25, -0.2) is 13.2 Å². The first-order chi connectivity index (χ1) is 24.0. The molecule has 1 atom stereocenters. The number of aryl methyl sites for hydroxylation is 1. The first-order valence-electron chi connectivity index (χ1n) is 15.4. The summed E-state index contributed by atoms with van der Waals surface area (Å²) in [6, 6.07) is 23.7. The Hall–Kier alpha value is -5.48. The van der Waals surface area contributed by atoms with Crippen LogP contribution < -0.4 is 15.8 Å². The fourth-order valence-corrected chi connectivity index (χ4v) is 6.90. The van der Waals surface area contributed by atoms with Crippen molar-refractivity contribution in [2.75, 3.05) is 20.2 Å². The van der Waals surface area contributed by atoms with E-state index in [0.717, 1.165) is 26.4 Å². The highest BCUT2D eigenvalue weighted by atomic mass is 32.2. The van der Waals surface area contributed by atoms with Crippen LogP contribution in [0.15, 0.2) is 89.8 Å². The average Bonchev–Trinajstić information content (AvgIpc) is 3.44.